The van der Waals surface area contributed by atoms with Crippen molar-refractivity contribution in [1.29, 1.82) is 0 Å². The number of nitrogens with zero attached hydrogens (tertiary/aromatic N) is 2. The number of carbonyl (C=O) groups excluding carboxylic acids is 2. The summed E-state index contributed by atoms with van der Waals surface area (Å²) in [5.41, 5.74) is 1.44. The Morgan fingerprint density at radius 1 is 0.935 bits per heavy atom. The van der Waals surface area contributed by atoms with E-state index in [1.807, 2.05) is 0 Å². The molecule has 0 aliphatic carbocycles. The smallest absolute Gasteiger partial charge is 0.328 e. The molecule has 5 nitrogen and oxygen atoms in total. The fourth-order valence-corrected chi connectivity index (χ4v) is 3.98. The molecule has 0 aromatic heterocycles. The summed E-state index contributed by atoms with van der Waals surface area (Å²) in [4.78, 5) is 27.9. The van der Waals surface area contributed by atoms with Crippen LogP contribution in [0.25, 0.3) is 0 Å². The average Bonchev–Trinajstić information content (AvgIpc) is 2.68. The van der Waals surface area contributed by atoms with E-state index >= 15 is 0 Å². The maximum Gasteiger partial charge on any atom is 0.416 e. The number of fused-ring (bicyclic) bond motifs is 1. The normalized spacial score (nSPS) is 17.1. The van der Waals surface area contributed by atoms with E-state index in [-0.39, 0.29) is 30.2 Å². The van der Waals surface area contributed by atoms with Crippen LogP contribution in [-0.4, -0.2) is 23.4 Å². The molecule has 0 unspecified atom stereocenters. The van der Waals surface area contributed by atoms with E-state index in [9.17, 15) is 27.2 Å². The quantitative estimate of drug-likeness (QED) is 0.690. The first-order valence-electron chi connectivity index (χ1n) is 9.62. The van der Waals surface area contributed by atoms with Crippen molar-refractivity contribution < 1.29 is 27.2 Å². The van der Waals surface area contributed by atoms with Gasteiger partial charge in [0, 0.05) is 23.5 Å². The summed E-state index contributed by atoms with van der Waals surface area (Å²) in [6.45, 7) is 3.26. The molecule has 9 heteroatoms. The van der Waals surface area contributed by atoms with Crippen LogP contribution in [0, 0.1) is 12.7 Å². The minimum absolute atomic E-state index is 0.0673. The second-order valence-corrected chi connectivity index (χ2v) is 7.58. The highest BCUT2D eigenvalue weighted by Gasteiger charge is 2.38. The van der Waals surface area contributed by atoms with Crippen LogP contribution in [0.1, 0.15) is 41.3 Å². The number of halogens is 4. The molecule has 0 spiro atoms. The standard InChI is InChI=1S/C22H19F4N3O2/c1-12-9-15(23)4-6-17(12)28-11-29(18-7-8-20(30)27-13(18)2)21(31)16-5-3-14(10-19(16)28)22(24,25)26/h3-6,9-10H,7-8,11H2,1-2H3,(H,27,30). The van der Waals surface area contributed by atoms with Crippen molar-refractivity contribution in [3.63, 3.8) is 0 Å². The lowest BCUT2D eigenvalue weighted by atomic mass is 10.0. The van der Waals surface area contributed by atoms with Gasteiger partial charge in [0.05, 0.1) is 16.8 Å². The van der Waals surface area contributed by atoms with Crippen LogP contribution in [0.5, 0.6) is 0 Å². The third kappa shape index (κ3) is 3.75. The van der Waals surface area contributed by atoms with Crippen molar-refractivity contribution in [2.45, 2.75) is 32.9 Å². The van der Waals surface area contributed by atoms with Gasteiger partial charge in [-0.25, -0.2) is 4.39 Å². The van der Waals surface area contributed by atoms with E-state index in [2.05, 4.69) is 5.32 Å². The zero-order valence-electron chi connectivity index (χ0n) is 16.8. The Kier molecular flexibility index (Phi) is 4.99. The van der Waals surface area contributed by atoms with Crippen LogP contribution in [0.2, 0.25) is 0 Å². The SMILES string of the molecule is CC1=C(N2CN(c3ccc(F)cc3C)c3cc(C(F)(F)F)ccc3C2=O)CCC(=O)N1. The Morgan fingerprint density at radius 2 is 1.68 bits per heavy atom. The fourth-order valence-electron chi connectivity index (χ4n) is 3.98. The molecule has 1 N–H and O–H groups in total. The van der Waals surface area contributed by atoms with Gasteiger partial charge in [-0.05, 0) is 62.2 Å². The Balaban J connectivity index is 1.88. The molecule has 0 fully saturated rings. The fraction of sp³-hybridized carbons (Fsp3) is 0.273. The summed E-state index contributed by atoms with van der Waals surface area (Å²) in [5.74, 6) is -1.08. The number of carbonyl (C=O) groups is 2. The van der Waals surface area contributed by atoms with Gasteiger partial charge in [-0.15, -0.1) is 0 Å². The van der Waals surface area contributed by atoms with Gasteiger partial charge in [-0.2, -0.15) is 13.2 Å². The number of hydrogen-bond acceptors (Lipinski definition) is 3. The first kappa shape index (κ1) is 20.9. The highest BCUT2D eigenvalue weighted by Crippen LogP contribution is 2.41. The minimum atomic E-state index is -4.58. The molecular weight excluding hydrogens is 414 g/mol. The van der Waals surface area contributed by atoms with Gasteiger partial charge < -0.3 is 10.2 Å². The van der Waals surface area contributed by atoms with Crippen LogP contribution in [0.15, 0.2) is 47.8 Å². The second-order valence-electron chi connectivity index (χ2n) is 7.58. The summed E-state index contributed by atoms with van der Waals surface area (Å²) in [6.07, 6.45) is -4.05. The summed E-state index contributed by atoms with van der Waals surface area (Å²) in [6, 6.07) is 6.97. The predicted octanol–water partition coefficient (Wildman–Crippen LogP) is 4.85. The highest BCUT2D eigenvalue weighted by molar-refractivity contribution is 6.04. The molecule has 2 aromatic rings. The number of alkyl halides is 3. The van der Waals surface area contributed by atoms with E-state index in [4.69, 9.17) is 0 Å². The molecule has 2 aliphatic heterocycles. The number of hydrogen-bond donors (Lipinski definition) is 1. The molecule has 0 radical (unpaired) electrons. The summed E-state index contributed by atoms with van der Waals surface area (Å²) in [7, 11) is 0. The Bertz CT molecular complexity index is 1120. The molecule has 0 atom stereocenters. The highest BCUT2D eigenvalue weighted by atomic mass is 19.4. The lowest BCUT2D eigenvalue weighted by Gasteiger charge is -2.41. The van der Waals surface area contributed by atoms with Gasteiger partial charge in [0.25, 0.3) is 5.91 Å². The van der Waals surface area contributed by atoms with Crippen LogP contribution in [0.4, 0.5) is 28.9 Å². The number of amides is 2. The van der Waals surface area contributed by atoms with E-state index < -0.39 is 23.5 Å². The van der Waals surface area contributed by atoms with Gasteiger partial charge in [-0.3, -0.25) is 14.5 Å². The largest absolute Gasteiger partial charge is 0.416 e. The summed E-state index contributed by atoms with van der Waals surface area (Å²) in [5, 5.41) is 2.70. The molecule has 4 rings (SSSR count). The topological polar surface area (TPSA) is 52.7 Å². The molecule has 2 aromatic carbocycles. The van der Waals surface area contributed by atoms with Crippen molar-refractivity contribution in [2.24, 2.45) is 0 Å². The number of anilines is 2. The van der Waals surface area contributed by atoms with Gasteiger partial charge >= 0.3 is 6.18 Å². The van der Waals surface area contributed by atoms with E-state index in [0.717, 1.165) is 18.2 Å². The van der Waals surface area contributed by atoms with Crippen LogP contribution < -0.4 is 10.2 Å². The number of rotatable bonds is 2. The summed E-state index contributed by atoms with van der Waals surface area (Å²) < 4.78 is 53.8. The van der Waals surface area contributed by atoms with Crippen LogP contribution in [-0.2, 0) is 11.0 Å². The van der Waals surface area contributed by atoms with Gasteiger partial charge in [0.15, 0.2) is 0 Å². The lowest BCUT2D eigenvalue weighted by molar-refractivity contribution is -0.137. The van der Waals surface area contributed by atoms with Crippen molar-refractivity contribution >= 4 is 23.2 Å². The molecular formula is C22H19F4N3O2. The van der Waals surface area contributed by atoms with Crippen molar-refractivity contribution in [3.8, 4) is 0 Å². The predicted molar refractivity (Wildman–Crippen MR) is 106 cm³/mol. The van der Waals surface area contributed by atoms with Gasteiger partial charge in [-0.1, -0.05) is 0 Å². The van der Waals surface area contributed by atoms with Gasteiger partial charge in [0.1, 0.15) is 12.5 Å². The minimum Gasteiger partial charge on any atom is -0.328 e. The number of benzene rings is 2. The van der Waals surface area contributed by atoms with Gasteiger partial charge in [0.2, 0.25) is 5.91 Å². The average molecular weight is 433 g/mol. The van der Waals surface area contributed by atoms with E-state index in [1.54, 1.807) is 18.7 Å². The molecule has 0 saturated carbocycles. The molecule has 0 bridgehead atoms. The van der Waals surface area contributed by atoms with Crippen molar-refractivity contribution in [2.75, 3.05) is 11.6 Å². The maximum atomic E-state index is 13.7. The maximum absolute atomic E-state index is 13.7. The molecule has 162 valence electrons. The number of nitrogens with one attached hydrogen (secondary N) is 1. The molecule has 2 amide bonds. The molecule has 0 saturated heterocycles. The number of aryl methyl sites for hydroxylation is 1. The monoisotopic (exact) mass is 433 g/mol. The zero-order valence-corrected chi connectivity index (χ0v) is 16.8. The Hall–Kier alpha value is -3.36. The van der Waals surface area contributed by atoms with E-state index in [1.165, 1.54) is 23.1 Å². The molecule has 2 heterocycles. The number of allylic oxidation sites excluding steroid dienone is 2. The van der Waals surface area contributed by atoms with Crippen molar-refractivity contribution in [1.82, 2.24) is 10.2 Å². The van der Waals surface area contributed by atoms with E-state index in [0.29, 0.717) is 29.1 Å². The first-order valence-corrected chi connectivity index (χ1v) is 9.62. The van der Waals surface area contributed by atoms with Crippen LogP contribution >= 0.6 is 0 Å². The Labute approximate surface area is 175 Å². The third-order valence-electron chi connectivity index (χ3n) is 5.50. The van der Waals surface area contributed by atoms with Crippen LogP contribution in [0.3, 0.4) is 0 Å². The molecule has 2 aliphatic rings. The lowest BCUT2D eigenvalue weighted by Crippen LogP contribution is -2.46. The zero-order chi connectivity index (χ0) is 22.5. The second kappa shape index (κ2) is 7.40. The first-order chi connectivity index (χ1) is 14.6. The molecule has 31 heavy (non-hydrogen) atoms. The Morgan fingerprint density at radius 3 is 2.32 bits per heavy atom. The summed E-state index contributed by atoms with van der Waals surface area (Å²) >= 11 is 0. The third-order valence-corrected chi connectivity index (χ3v) is 5.50. The van der Waals surface area contributed by atoms with Crippen molar-refractivity contribution in [3.05, 3.63) is 70.3 Å².